The van der Waals surface area contributed by atoms with E-state index in [0.29, 0.717) is 0 Å². The quantitative estimate of drug-likeness (QED) is 0.0856. The van der Waals surface area contributed by atoms with Gasteiger partial charge in [0.15, 0.2) is 0 Å². The Bertz CT molecular complexity index is 8610. The van der Waals surface area contributed by atoms with Crippen molar-refractivity contribution in [1.29, 1.82) is 0 Å². The molecule has 28 aromatic rings. The number of aromatic nitrogens is 3. The number of hydrogen-bond donors (Lipinski definition) is 0. The first-order valence-corrected chi connectivity index (χ1v) is 49.6. The SMILES string of the molecule is c1ccc(N(c2ccc(-n3c4ccc(-c5cccc6ccccc56)cc4c4cc(-c5cccc6ccccc56)ccc43)cc2)c2cc(N(c3ccccc3)c3ccc(-n4c5ccc(-c6cccc7ccccc67)cc5c5cc(-c6cccc7ccccc67)ccc54)cc3)cc(N(c3ccccc3)c3ccc(-n4c5ccc(-c6cccc7ccccc67)cc5c5cc(-c6cccc7ccccc67)ccc54)cc3)c2)cc1. The van der Waals surface area contributed by atoms with Crippen LogP contribution >= 0.6 is 0 Å². The Kier molecular flexibility index (Phi) is 19.9. The minimum atomic E-state index is 0.947. The molecule has 0 bridgehead atoms. The predicted octanol–water partition coefficient (Wildman–Crippen LogP) is 38.3. The summed E-state index contributed by atoms with van der Waals surface area (Å²) < 4.78 is 7.40. The van der Waals surface area contributed by atoms with E-state index in [1.165, 1.54) is 164 Å². The van der Waals surface area contributed by atoms with Crippen molar-refractivity contribution < 1.29 is 0 Å². The van der Waals surface area contributed by atoms with E-state index in [2.05, 4.69) is 574 Å². The van der Waals surface area contributed by atoms with Crippen LogP contribution in [0.1, 0.15) is 0 Å². The molecule has 0 atom stereocenters. The van der Waals surface area contributed by atoms with Crippen molar-refractivity contribution in [2.24, 2.45) is 0 Å². The summed E-state index contributed by atoms with van der Waals surface area (Å²) in [6.07, 6.45) is 0. The van der Waals surface area contributed by atoms with E-state index in [0.717, 1.165) is 101 Å². The van der Waals surface area contributed by atoms with Crippen molar-refractivity contribution in [2.45, 2.75) is 0 Å². The second kappa shape index (κ2) is 34.5. The Labute approximate surface area is 833 Å². The molecule has 672 valence electrons. The molecule has 144 heavy (non-hydrogen) atoms. The van der Waals surface area contributed by atoms with Gasteiger partial charge in [-0.05, 0) is 332 Å². The second-order valence-corrected chi connectivity index (χ2v) is 37.8. The zero-order chi connectivity index (χ0) is 94.8. The van der Waals surface area contributed by atoms with E-state index in [1.807, 2.05) is 0 Å². The van der Waals surface area contributed by atoms with E-state index in [9.17, 15) is 0 Å². The van der Waals surface area contributed by atoms with Crippen molar-refractivity contribution in [3.8, 4) is 83.8 Å². The van der Waals surface area contributed by atoms with Crippen LogP contribution in [0.5, 0.6) is 0 Å². The fourth-order valence-electron chi connectivity index (χ4n) is 23.1. The maximum Gasteiger partial charge on any atom is 0.0541 e. The molecule has 0 saturated carbocycles. The third-order valence-electron chi connectivity index (χ3n) is 29.7. The highest BCUT2D eigenvalue weighted by Crippen LogP contribution is 2.51. The summed E-state index contributed by atoms with van der Waals surface area (Å²) in [5, 5.41) is 21.8. The fraction of sp³-hybridized carbons (Fsp3) is 0. The molecule has 6 heteroatoms. The molecule has 0 aliphatic heterocycles. The number of rotatable bonds is 18. The molecule has 3 heterocycles. The van der Waals surface area contributed by atoms with Gasteiger partial charge in [-0.25, -0.2) is 0 Å². The minimum Gasteiger partial charge on any atom is -0.310 e. The molecule has 0 fully saturated rings. The van der Waals surface area contributed by atoms with Gasteiger partial charge < -0.3 is 28.4 Å². The lowest BCUT2D eigenvalue weighted by atomic mass is 9.95. The molecule has 0 saturated heterocycles. The topological polar surface area (TPSA) is 24.5 Å². The average molecular weight is 1830 g/mol. The zero-order valence-electron chi connectivity index (χ0n) is 78.6. The molecule has 6 nitrogen and oxygen atoms in total. The number of para-hydroxylation sites is 3. The van der Waals surface area contributed by atoms with E-state index < -0.39 is 0 Å². The van der Waals surface area contributed by atoms with Gasteiger partial charge in [0.1, 0.15) is 0 Å². The van der Waals surface area contributed by atoms with Crippen molar-refractivity contribution in [2.75, 3.05) is 14.7 Å². The lowest BCUT2D eigenvalue weighted by Gasteiger charge is -2.33. The third-order valence-corrected chi connectivity index (χ3v) is 29.7. The van der Waals surface area contributed by atoms with Crippen LogP contribution < -0.4 is 14.7 Å². The van der Waals surface area contributed by atoms with E-state index in [1.54, 1.807) is 0 Å². The van der Waals surface area contributed by atoms with E-state index in [-0.39, 0.29) is 0 Å². The first-order chi connectivity index (χ1) is 71.4. The van der Waals surface area contributed by atoms with Gasteiger partial charge in [0, 0.05) is 83.5 Å². The Morgan fingerprint density at radius 2 is 0.278 bits per heavy atom. The van der Waals surface area contributed by atoms with Crippen molar-refractivity contribution in [1.82, 2.24) is 13.7 Å². The molecule has 0 radical (unpaired) electrons. The summed E-state index contributed by atoms with van der Waals surface area (Å²) in [6.45, 7) is 0. The summed E-state index contributed by atoms with van der Waals surface area (Å²) in [4.78, 5) is 7.31. The van der Waals surface area contributed by atoms with Gasteiger partial charge in [-0.3, -0.25) is 0 Å². The molecule has 0 spiro atoms. The summed E-state index contributed by atoms with van der Waals surface area (Å²) in [7, 11) is 0. The van der Waals surface area contributed by atoms with Crippen LogP contribution in [0.25, 0.3) is 214 Å². The van der Waals surface area contributed by atoms with Crippen molar-refractivity contribution in [3.05, 3.63) is 546 Å². The first kappa shape index (κ1) is 83.1. The number of nitrogens with zero attached hydrogens (tertiary/aromatic N) is 6. The van der Waals surface area contributed by atoms with Gasteiger partial charge in [0.25, 0.3) is 0 Å². The van der Waals surface area contributed by atoms with Crippen molar-refractivity contribution >= 4 is 181 Å². The van der Waals surface area contributed by atoms with Crippen LogP contribution in [0.15, 0.2) is 546 Å². The lowest BCUT2D eigenvalue weighted by Crippen LogP contribution is -2.16. The van der Waals surface area contributed by atoms with Gasteiger partial charge in [0.05, 0.1) is 50.2 Å². The smallest absolute Gasteiger partial charge is 0.0541 e. The molecule has 25 aromatic carbocycles. The average Bonchev–Trinajstić information content (AvgIpc) is 1.58. The van der Waals surface area contributed by atoms with Crippen LogP contribution in [0, 0.1) is 0 Å². The largest absolute Gasteiger partial charge is 0.310 e. The third kappa shape index (κ3) is 14.2. The molecular weight excluding hydrogens is 1740 g/mol. The Morgan fingerprint density at radius 3 is 0.472 bits per heavy atom. The molecular formula is C138H90N6. The summed E-state index contributed by atoms with van der Waals surface area (Å²) in [5.41, 5.74) is 32.9. The minimum absolute atomic E-state index is 0.947. The lowest BCUT2D eigenvalue weighted by molar-refractivity contribution is 1.17. The summed E-state index contributed by atoms with van der Waals surface area (Å²) >= 11 is 0. The van der Waals surface area contributed by atoms with Gasteiger partial charge in [-0.2, -0.15) is 0 Å². The molecule has 0 amide bonds. The van der Waals surface area contributed by atoms with E-state index in [4.69, 9.17) is 0 Å². The normalized spacial score (nSPS) is 11.8. The van der Waals surface area contributed by atoms with Crippen LogP contribution in [0.3, 0.4) is 0 Å². The molecule has 0 unspecified atom stereocenters. The van der Waals surface area contributed by atoms with Gasteiger partial charge in [-0.1, -0.05) is 346 Å². The van der Waals surface area contributed by atoms with Gasteiger partial charge in [0.2, 0.25) is 0 Å². The summed E-state index contributed by atoms with van der Waals surface area (Å²) in [5.74, 6) is 0. The maximum atomic E-state index is 2.47. The molecule has 28 rings (SSSR count). The maximum absolute atomic E-state index is 2.47. The number of anilines is 9. The first-order valence-electron chi connectivity index (χ1n) is 49.6. The second-order valence-electron chi connectivity index (χ2n) is 37.8. The van der Waals surface area contributed by atoms with E-state index >= 15 is 0 Å². The molecule has 0 aliphatic carbocycles. The Morgan fingerprint density at radius 1 is 0.111 bits per heavy atom. The van der Waals surface area contributed by atoms with Crippen LogP contribution in [0.2, 0.25) is 0 Å². The van der Waals surface area contributed by atoms with Gasteiger partial charge in [-0.15, -0.1) is 0 Å². The molecule has 0 aliphatic rings. The highest BCUT2D eigenvalue weighted by Gasteiger charge is 2.28. The van der Waals surface area contributed by atoms with Gasteiger partial charge >= 0.3 is 0 Å². The predicted molar refractivity (Wildman–Crippen MR) is 611 cm³/mol. The highest BCUT2D eigenvalue weighted by atomic mass is 15.2. The van der Waals surface area contributed by atoms with Crippen molar-refractivity contribution in [3.63, 3.8) is 0 Å². The molecule has 0 N–H and O–H groups in total. The Balaban J connectivity index is 0.626. The molecule has 3 aromatic heterocycles. The number of benzene rings is 25. The Hall–Kier alpha value is -19.1. The highest BCUT2D eigenvalue weighted by molar-refractivity contribution is 6.18. The standard InChI is InChI=1S/C138H90N6/c1-4-40-103(41-5-1)139(106-64-70-109(71-65-106)142-133-76-58-97(121-52-22-34-91-28-10-16-46-115(91)121)82-127(133)128-83-98(59-77-134(128)142)122-53-23-35-92-29-11-17-47-116(92)122)112-88-113(140(104-42-6-2-7-43-104)107-66-72-110(73-67-107)143-135-78-60-99(123-54-24-36-93-30-12-18-48-117(93)123)84-129(135)130-85-100(61-79-136(130)143)124-55-25-37-94-31-13-19-49-118(94)124)90-114(89-112)141(105-44-8-3-9-45-105)108-68-74-111(75-69-108)144-137-80-62-101(125-56-26-38-95-32-14-20-50-119(95)125)86-131(137)132-87-102(63-81-138(132)144)126-57-27-39-96-33-15-21-51-120(96)126/h1-90H. The monoisotopic (exact) mass is 1830 g/mol. The number of hydrogen-bond acceptors (Lipinski definition) is 3. The fourth-order valence-corrected chi connectivity index (χ4v) is 23.1. The van der Waals surface area contributed by atoms with Crippen LogP contribution in [-0.2, 0) is 0 Å². The summed E-state index contributed by atoms with van der Waals surface area (Å²) in [6, 6.07) is 203. The zero-order valence-corrected chi connectivity index (χ0v) is 78.6. The number of fused-ring (bicyclic) bond motifs is 15. The van der Waals surface area contributed by atoms with Crippen LogP contribution in [0.4, 0.5) is 51.2 Å². The van der Waals surface area contributed by atoms with Crippen LogP contribution in [-0.4, -0.2) is 13.7 Å².